The van der Waals surface area contributed by atoms with E-state index in [4.69, 9.17) is 0 Å². The molecule has 0 radical (unpaired) electrons. The van der Waals surface area contributed by atoms with Crippen molar-refractivity contribution in [3.05, 3.63) is 20.3 Å². The first-order valence-electron chi connectivity index (χ1n) is 5.43. The van der Waals surface area contributed by atoms with Gasteiger partial charge in [0.25, 0.3) is 0 Å². The van der Waals surface area contributed by atoms with E-state index in [0.29, 0.717) is 18.4 Å². The number of thiophene rings is 1. The van der Waals surface area contributed by atoms with Gasteiger partial charge in [-0.25, -0.2) is 8.42 Å². The summed E-state index contributed by atoms with van der Waals surface area (Å²) in [6.07, 6.45) is 1.96. The molecule has 94 valence electrons. The lowest BCUT2D eigenvalue weighted by Gasteiger charge is -2.20. The summed E-state index contributed by atoms with van der Waals surface area (Å²) >= 11 is 4.78. The fraction of sp³-hybridized carbons (Fsp3) is 0.545. The van der Waals surface area contributed by atoms with Gasteiger partial charge in [0.1, 0.15) is 5.25 Å². The fourth-order valence-electron chi connectivity index (χ4n) is 2.11. The van der Waals surface area contributed by atoms with E-state index in [2.05, 4.69) is 15.9 Å². The van der Waals surface area contributed by atoms with E-state index in [1.807, 2.05) is 6.92 Å². The highest BCUT2D eigenvalue weighted by Gasteiger charge is 2.36. The van der Waals surface area contributed by atoms with Crippen LogP contribution in [0.15, 0.2) is 9.85 Å². The standard InChI is InChI=1S/C11H13BrO3S2/c1-7-8(6-10(12)16-7)11(13)9-4-2-3-5-17(9,14)15/h6,9H,2-5H2,1H3. The van der Waals surface area contributed by atoms with Crippen LogP contribution < -0.4 is 0 Å². The number of rotatable bonds is 2. The Hall–Kier alpha value is -0.200. The molecule has 2 rings (SSSR count). The van der Waals surface area contributed by atoms with Crippen molar-refractivity contribution in [1.82, 2.24) is 0 Å². The van der Waals surface area contributed by atoms with Crippen LogP contribution in [0.25, 0.3) is 0 Å². The number of carbonyl (C=O) groups excluding carboxylic acids is 1. The molecule has 1 atom stereocenters. The summed E-state index contributed by atoms with van der Waals surface area (Å²) in [5, 5.41) is -0.823. The van der Waals surface area contributed by atoms with E-state index in [1.165, 1.54) is 11.3 Å². The highest BCUT2D eigenvalue weighted by atomic mass is 79.9. The van der Waals surface area contributed by atoms with Crippen LogP contribution in [0.5, 0.6) is 0 Å². The normalized spacial score (nSPS) is 23.5. The zero-order valence-electron chi connectivity index (χ0n) is 9.40. The summed E-state index contributed by atoms with van der Waals surface area (Å²) in [6.45, 7) is 1.85. The number of aryl methyl sites for hydroxylation is 1. The monoisotopic (exact) mass is 336 g/mol. The number of ketones is 1. The summed E-state index contributed by atoms with van der Waals surface area (Å²) in [7, 11) is -3.24. The van der Waals surface area contributed by atoms with Gasteiger partial charge in [-0.2, -0.15) is 0 Å². The Bertz CT molecular complexity index is 545. The van der Waals surface area contributed by atoms with Crippen LogP contribution in [0, 0.1) is 6.92 Å². The zero-order valence-corrected chi connectivity index (χ0v) is 12.6. The van der Waals surface area contributed by atoms with Gasteiger partial charge in [0, 0.05) is 10.4 Å². The molecule has 1 aliphatic rings. The molecule has 3 nitrogen and oxygen atoms in total. The quantitative estimate of drug-likeness (QED) is 0.780. The summed E-state index contributed by atoms with van der Waals surface area (Å²) in [5.41, 5.74) is 0.553. The Morgan fingerprint density at radius 2 is 2.18 bits per heavy atom. The first kappa shape index (κ1) is 13.2. The minimum absolute atomic E-state index is 0.147. The summed E-state index contributed by atoms with van der Waals surface area (Å²) in [4.78, 5) is 13.1. The summed E-state index contributed by atoms with van der Waals surface area (Å²) in [6, 6.07) is 1.73. The van der Waals surface area contributed by atoms with Gasteiger partial charge in [-0.15, -0.1) is 11.3 Å². The predicted molar refractivity (Wildman–Crippen MR) is 72.5 cm³/mol. The minimum Gasteiger partial charge on any atom is -0.293 e. The third-order valence-electron chi connectivity index (χ3n) is 3.02. The molecule has 0 bridgehead atoms. The second kappa shape index (κ2) is 4.82. The molecule has 6 heteroatoms. The first-order valence-corrected chi connectivity index (χ1v) is 8.76. The maximum atomic E-state index is 12.3. The molecular formula is C11H13BrO3S2. The van der Waals surface area contributed by atoms with E-state index in [-0.39, 0.29) is 11.5 Å². The third-order valence-corrected chi connectivity index (χ3v) is 6.75. The molecular weight excluding hydrogens is 324 g/mol. The van der Waals surface area contributed by atoms with Crippen molar-refractivity contribution in [3.63, 3.8) is 0 Å². The summed E-state index contributed by atoms with van der Waals surface area (Å²) < 4.78 is 24.6. The largest absolute Gasteiger partial charge is 0.293 e. The molecule has 0 saturated carbocycles. The molecule has 1 aromatic heterocycles. The molecule has 1 aromatic rings. The van der Waals surface area contributed by atoms with Crippen LogP contribution in [0.4, 0.5) is 0 Å². The van der Waals surface area contributed by atoms with Gasteiger partial charge >= 0.3 is 0 Å². The van der Waals surface area contributed by atoms with Crippen molar-refractivity contribution in [3.8, 4) is 0 Å². The Morgan fingerprint density at radius 3 is 2.71 bits per heavy atom. The number of sulfone groups is 1. The maximum absolute atomic E-state index is 12.3. The molecule has 0 N–H and O–H groups in total. The smallest absolute Gasteiger partial charge is 0.182 e. The minimum atomic E-state index is -3.24. The third kappa shape index (κ3) is 2.63. The van der Waals surface area contributed by atoms with Crippen LogP contribution in [-0.2, 0) is 9.84 Å². The zero-order chi connectivity index (χ0) is 12.6. The van der Waals surface area contributed by atoms with E-state index in [1.54, 1.807) is 6.07 Å². The van der Waals surface area contributed by atoms with Gasteiger partial charge in [0.05, 0.1) is 9.54 Å². The van der Waals surface area contributed by atoms with Crippen molar-refractivity contribution in [2.45, 2.75) is 31.4 Å². The number of halogens is 1. The molecule has 0 aliphatic carbocycles. The number of hydrogen-bond donors (Lipinski definition) is 0. The van der Waals surface area contributed by atoms with Crippen molar-refractivity contribution in [1.29, 1.82) is 0 Å². The molecule has 0 amide bonds. The second-order valence-electron chi connectivity index (χ2n) is 4.24. The molecule has 0 aromatic carbocycles. The van der Waals surface area contributed by atoms with E-state index >= 15 is 0 Å². The van der Waals surface area contributed by atoms with Crippen LogP contribution in [0.1, 0.15) is 34.5 Å². The summed E-state index contributed by atoms with van der Waals surface area (Å²) in [5.74, 6) is -0.0857. The Balaban J connectivity index is 2.34. The van der Waals surface area contributed by atoms with Crippen LogP contribution in [-0.4, -0.2) is 25.2 Å². The maximum Gasteiger partial charge on any atom is 0.182 e. The fourth-order valence-corrected chi connectivity index (χ4v) is 5.68. The van der Waals surface area contributed by atoms with Gasteiger partial charge in [-0.05, 0) is 41.8 Å². The van der Waals surface area contributed by atoms with Crippen molar-refractivity contribution in [2.75, 3.05) is 5.75 Å². The average Bonchev–Trinajstić information content (AvgIpc) is 2.56. The highest BCUT2D eigenvalue weighted by molar-refractivity contribution is 9.11. The number of carbonyl (C=O) groups is 1. The second-order valence-corrected chi connectivity index (χ2v) is 9.17. The molecule has 1 unspecified atom stereocenters. The average molecular weight is 337 g/mol. The lowest BCUT2D eigenvalue weighted by atomic mass is 10.0. The van der Waals surface area contributed by atoms with Gasteiger partial charge in [0.2, 0.25) is 0 Å². The number of hydrogen-bond acceptors (Lipinski definition) is 4. The molecule has 1 aliphatic heterocycles. The molecule has 1 saturated heterocycles. The topological polar surface area (TPSA) is 51.2 Å². The van der Waals surface area contributed by atoms with Crippen molar-refractivity contribution >= 4 is 42.9 Å². The van der Waals surface area contributed by atoms with E-state index in [9.17, 15) is 13.2 Å². The predicted octanol–water partition coefficient (Wildman–Crippen LogP) is 2.97. The Morgan fingerprint density at radius 1 is 1.47 bits per heavy atom. The van der Waals surface area contributed by atoms with Gasteiger partial charge in [0.15, 0.2) is 15.6 Å². The van der Waals surface area contributed by atoms with E-state index < -0.39 is 15.1 Å². The highest BCUT2D eigenvalue weighted by Crippen LogP contribution is 2.30. The van der Waals surface area contributed by atoms with Crippen LogP contribution >= 0.6 is 27.3 Å². The van der Waals surface area contributed by atoms with Gasteiger partial charge in [-0.1, -0.05) is 6.42 Å². The molecule has 1 fully saturated rings. The van der Waals surface area contributed by atoms with Crippen LogP contribution in [0.2, 0.25) is 0 Å². The molecule has 0 spiro atoms. The van der Waals surface area contributed by atoms with E-state index in [0.717, 1.165) is 15.1 Å². The lowest BCUT2D eigenvalue weighted by Crippen LogP contribution is -2.35. The van der Waals surface area contributed by atoms with Gasteiger partial charge < -0.3 is 0 Å². The number of Topliss-reactive ketones (excluding diaryl/α,β-unsaturated/α-hetero) is 1. The van der Waals surface area contributed by atoms with Crippen LogP contribution in [0.3, 0.4) is 0 Å². The van der Waals surface area contributed by atoms with Crippen molar-refractivity contribution in [2.24, 2.45) is 0 Å². The Kier molecular flexibility index (Phi) is 3.75. The van der Waals surface area contributed by atoms with Crippen molar-refractivity contribution < 1.29 is 13.2 Å². The molecule has 17 heavy (non-hydrogen) atoms. The first-order chi connectivity index (χ1) is 7.92. The SMILES string of the molecule is Cc1sc(Br)cc1C(=O)C1CCCCS1(=O)=O. The molecule has 2 heterocycles. The lowest BCUT2D eigenvalue weighted by molar-refractivity contribution is 0.0981. The van der Waals surface area contributed by atoms with Gasteiger partial charge in [-0.3, -0.25) is 4.79 Å². The Labute approximate surface area is 113 Å².